The molecule has 0 amide bonds. The van der Waals surface area contributed by atoms with E-state index in [9.17, 15) is 0 Å². The molecule has 0 heteroatoms. The maximum Gasteiger partial charge on any atom is -0.0176 e. The van der Waals surface area contributed by atoms with Crippen molar-refractivity contribution < 1.29 is 0 Å². The van der Waals surface area contributed by atoms with E-state index in [0.29, 0.717) is 5.41 Å². The van der Waals surface area contributed by atoms with Crippen LogP contribution in [0.15, 0.2) is 24.3 Å². The highest BCUT2D eigenvalue weighted by molar-refractivity contribution is 5.06. The highest BCUT2D eigenvalue weighted by atomic mass is 14.4. The van der Waals surface area contributed by atoms with E-state index < -0.39 is 0 Å². The van der Waals surface area contributed by atoms with Gasteiger partial charge in [-0.05, 0) is 55.8 Å². The molecule has 84 valence electrons. The lowest BCUT2D eigenvalue weighted by Crippen LogP contribution is -2.32. The number of hydrogen-bond donors (Lipinski definition) is 0. The van der Waals surface area contributed by atoms with Crippen LogP contribution in [-0.2, 0) is 0 Å². The maximum absolute atomic E-state index is 2.48. The lowest BCUT2D eigenvalue weighted by Gasteiger charge is -2.41. The Morgan fingerprint density at radius 2 is 1.33 bits per heavy atom. The van der Waals surface area contributed by atoms with E-state index in [1.807, 2.05) is 0 Å². The van der Waals surface area contributed by atoms with Crippen LogP contribution in [0.3, 0.4) is 0 Å². The van der Waals surface area contributed by atoms with E-state index in [4.69, 9.17) is 0 Å². The van der Waals surface area contributed by atoms with Crippen LogP contribution in [0.4, 0.5) is 0 Å². The van der Waals surface area contributed by atoms with E-state index >= 15 is 0 Å². The van der Waals surface area contributed by atoms with Gasteiger partial charge in [0.1, 0.15) is 0 Å². The van der Waals surface area contributed by atoms with Crippen molar-refractivity contribution in [2.45, 2.75) is 52.4 Å². The van der Waals surface area contributed by atoms with Gasteiger partial charge in [0.2, 0.25) is 0 Å². The zero-order chi connectivity index (χ0) is 10.7. The summed E-state index contributed by atoms with van der Waals surface area (Å²) in [6, 6.07) is 0. The molecule has 0 fully saturated rings. The highest BCUT2D eigenvalue weighted by Crippen LogP contribution is 2.44. The number of allylic oxidation sites excluding steroid dienone is 4. The molecule has 0 radical (unpaired) electrons. The second-order valence-electron chi connectivity index (χ2n) is 5.75. The lowest BCUT2D eigenvalue weighted by molar-refractivity contribution is 0.153. The molecule has 0 aliphatic heterocycles. The molecule has 0 spiro atoms. The van der Waals surface area contributed by atoms with E-state index in [1.54, 1.807) is 0 Å². The van der Waals surface area contributed by atoms with Gasteiger partial charge in [0.05, 0.1) is 0 Å². The van der Waals surface area contributed by atoms with Gasteiger partial charge < -0.3 is 0 Å². The Labute approximate surface area is 94.5 Å². The number of hydrogen-bond acceptors (Lipinski definition) is 0. The third-order valence-corrected chi connectivity index (χ3v) is 4.42. The summed E-state index contributed by atoms with van der Waals surface area (Å²) < 4.78 is 0. The Kier molecular flexibility index (Phi) is 3.33. The van der Waals surface area contributed by atoms with E-state index in [-0.39, 0.29) is 0 Å². The van der Waals surface area contributed by atoms with Crippen molar-refractivity contribution in [2.24, 2.45) is 17.3 Å². The summed E-state index contributed by atoms with van der Waals surface area (Å²) >= 11 is 0. The summed E-state index contributed by atoms with van der Waals surface area (Å²) in [7, 11) is 0. The van der Waals surface area contributed by atoms with Gasteiger partial charge in [-0.1, -0.05) is 38.2 Å². The average Bonchev–Trinajstić information content (AvgIpc) is 2.31. The Morgan fingerprint density at radius 1 is 0.867 bits per heavy atom. The summed E-state index contributed by atoms with van der Waals surface area (Å²) in [5.74, 6) is 1.61. The van der Waals surface area contributed by atoms with Crippen LogP contribution in [-0.4, -0.2) is 0 Å². The van der Waals surface area contributed by atoms with Gasteiger partial charge in [-0.15, -0.1) is 0 Å². The van der Waals surface area contributed by atoms with Gasteiger partial charge in [0, 0.05) is 0 Å². The van der Waals surface area contributed by atoms with Crippen LogP contribution in [0.1, 0.15) is 52.4 Å². The van der Waals surface area contributed by atoms with E-state index in [1.165, 1.54) is 38.5 Å². The normalized spacial score (nSPS) is 31.9. The van der Waals surface area contributed by atoms with Gasteiger partial charge in [0.25, 0.3) is 0 Å². The number of rotatable bonds is 2. The minimum Gasteiger partial charge on any atom is -0.0882 e. The first-order chi connectivity index (χ1) is 7.21. The third-order valence-electron chi connectivity index (χ3n) is 4.42. The Bertz CT molecular complexity index is 231. The molecule has 0 aromatic heterocycles. The van der Waals surface area contributed by atoms with Gasteiger partial charge >= 0.3 is 0 Å². The first-order valence-electron chi connectivity index (χ1n) is 6.54. The van der Waals surface area contributed by atoms with Crippen molar-refractivity contribution in [2.75, 3.05) is 0 Å². The average molecular weight is 204 g/mol. The lowest BCUT2D eigenvalue weighted by atomic mass is 9.64. The van der Waals surface area contributed by atoms with Crippen molar-refractivity contribution in [3.8, 4) is 0 Å². The molecule has 0 nitrogen and oxygen atoms in total. The Morgan fingerprint density at radius 3 is 1.67 bits per heavy atom. The predicted molar refractivity (Wildman–Crippen MR) is 66.7 cm³/mol. The summed E-state index contributed by atoms with van der Waals surface area (Å²) in [6.07, 6.45) is 17.9. The smallest absolute Gasteiger partial charge is 0.0176 e. The standard InChI is InChI=1S/C15H24/c1-15(2,13-9-5-3-6-10-13)14-11-7-4-8-12-14/h5,7,9,11,13-14H,3-4,6,8,10,12H2,1-2H3. The van der Waals surface area contributed by atoms with Crippen molar-refractivity contribution in [1.82, 2.24) is 0 Å². The second kappa shape index (κ2) is 4.55. The topological polar surface area (TPSA) is 0 Å². The third kappa shape index (κ3) is 2.35. The largest absolute Gasteiger partial charge is 0.0882 e. The maximum atomic E-state index is 2.48. The van der Waals surface area contributed by atoms with Crippen LogP contribution < -0.4 is 0 Å². The van der Waals surface area contributed by atoms with Gasteiger partial charge in [-0.3, -0.25) is 0 Å². The fourth-order valence-corrected chi connectivity index (χ4v) is 3.14. The van der Waals surface area contributed by atoms with Crippen LogP contribution in [0.25, 0.3) is 0 Å². The highest BCUT2D eigenvalue weighted by Gasteiger charge is 2.35. The summed E-state index contributed by atoms with van der Waals surface area (Å²) in [6.45, 7) is 4.93. The molecule has 0 aromatic rings. The van der Waals surface area contributed by atoms with Crippen LogP contribution in [0, 0.1) is 17.3 Å². The zero-order valence-electron chi connectivity index (χ0n) is 10.2. The van der Waals surface area contributed by atoms with Crippen molar-refractivity contribution in [1.29, 1.82) is 0 Å². The molecule has 0 N–H and O–H groups in total. The fourth-order valence-electron chi connectivity index (χ4n) is 3.14. The minimum atomic E-state index is 0.466. The van der Waals surface area contributed by atoms with Gasteiger partial charge in [-0.25, -0.2) is 0 Å². The Balaban J connectivity index is 2.09. The molecule has 2 aliphatic rings. The van der Waals surface area contributed by atoms with Crippen LogP contribution in [0.5, 0.6) is 0 Å². The van der Waals surface area contributed by atoms with Gasteiger partial charge in [-0.2, -0.15) is 0 Å². The minimum absolute atomic E-state index is 0.466. The molecule has 0 bridgehead atoms. The van der Waals surface area contributed by atoms with Gasteiger partial charge in [0.15, 0.2) is 0 Å². The predicted octanol–water partition coefficient (Wildman–Crippen LogP) is 4.73. The van der Waals surface area contributed by atoms with E-state index in [2.05, 4.69) is 38.2 Å². The van der Waals surface area contributed by atoms with Crippen LogP contribution >= 0.6 is 0 Å². The fraction of sp³-hybridized carbons (Fsp3) is 0.733. The molecule has 2 aliphatic carbocycles. The molecule has 0 saturated carbocycles. The quantitative estimate of drug-likeness (QED) is 0.571. The molecular weight excluding hydrogens is 180 g/mol. The van der Waals surface area contributed by atoms with Crippen molar-refractivity contribution >= 4 is 0 Å². The first-order valence-corrected chi connectivity index (χ1v) is 6.54. The van der Waals surface area contributed by atoms with Crippen molar-refractivity contribution in [3.63, 3.8) is 0 Å². The SMILES string of the molecule is CC(C)(C1C=CCCC1)C1C=CCCC1. The summed E-state index contributed by atoms with van der Waals surface area (Å²) in [5, 5.41) is 0. The first kappa shape index (κ1) is 11.0. The second-order valence-corrected chi connectivity index (χ2v) is 5.75. The summed E-state index contributed by atoms with van der Waals surface area (Å²) in [4.78, 5) is 0. The Hall–Kier alpha value is -0.520. The molecule has 0 saturated heterocycles. The van der Waals surface area contributed by atoms with Crippen LogP contribution in [0.2, 0.25) is 0 Å². The molecular formula is C15H24. The monoisotopic (exact) mass is 204 g/mol. The molecule has 2 unspecified atom stereocenters. The zero-order valence-corrected chi connectivity index (χ0v) is 10.2. The molecule has 2 atom stereocenters. The molecule has 15 heavy (non-hydrogen) atoms. The molecule has 2 rings (SSSR count). The summed E-state index contributed by atoms with van der Waals surface area (Å²) in [5.41, 5.74) is 0.466. The van der Waals surface area contributed by atoms with E-state index in [0.717, 1.165) is 11.8 Å². The van der Waals surface area contributed by atoms with Crippen molar-refractivity contribution in [3.05, 3.63) is 24.3 Å². The molecule has 0 heterocycles. The molecule has 0 aromatic carbocycles.